The van der Waals surface area contributed by atoms with Crippen LogP contribution < -0.4 is 9.47 Å². The smallest absolute Gasteiger partial charge is 0.182 e. The molecule has 1 aromatic rings. The number of pyridine rings is 1. The molecule has 1 rings (SSSR count). The van der Waals surface area contributed by atoms with Crippen LogP contribution >= 0.6 is 0 Å². The fourth-order valence-corrected chi connectivity index (χ4v) is 1.38. The third-order valence-corrected chi connectivity index (χ3v) is 1.97. The molecule has 1 aromatic heterocycles. The minimum Gasteiger partial charge on any atom is -0.493 e. The topological polar surface area (TPSA) is 31.4 Å². The summed E-state index contributed by atoms with van der Waals surface area (Å²) in [4.78, 5) is 4.29. The van der Waals surface area contributed by atoms with Gasteiger partial charge in [-0.3, -0.25) is 4.98 Å². The van der Waals surface area contributed by atoms with Crippen molar-refractivity contribution < 1.29 is 9.47 Å². The zero-order valence-corrected chi connectivity index (χ0v) is 9.20. The molecule has 0 saturated carbocycles. The van der Waals surface area contributed by atoms with Crippen LogP contribution in [0.5, 0.6) is 11.5 Å². The number of nitrogens with zero attached hydrogens (tertiary/aromatic N) is 1. The van der Waals surface area contributed by atoms with Crippen LogP contribution in [0.4, 0.5) is 0 Å². The average Bonchev–Trinajstić information content (AvgIpc) is 2.16. The minimum absolute atomic E-state index is 0.559. The highest BCUT2D eigenvalue weighted by Gasteiger charge is 2.11. The molecule has 1 heterocycles. The molecule has 0 aliphatic heterocycles. The summed E-state index contributed by atoms with van der Waals surface area (Å²) >= 11 is 0. The van der Waals surface area contributed by atoms with Gasteiger partial charge in [0.25, 0.3) is 0 Å². The van der Waals surface area contributed by atoms with E-state index >= 15 is 0 Å². The zero-order valence-electron chi connectivity index (χ0n) is 9.20. The van der Waals surface area contributed by atoms with Gasteiger partial charge in [0.2, 0.25) is 0 Å². The molecule has 0 atom stereocenters. The van der Waals surface area contributed by atoms with E-state index in [0.717, 1.165) is 23.6 Å². The van der Waals surface area contributed by atoms with Crippen molar-refractivity contribution in [3.05, 3.63) is 18.0 Å². The van der Waals surface area contributed by atoms with E-state index in [2.05, 4.69) is 18.8 Å². The van der Waals surface area contributed by atoms with E-state index in [9.17, 15) is 0 Å². The zero-order chi connectivity index (χ0) is 10.6. The van der Waals surface area contributed by atoms with Crippen LogP contribution in [0.2, 0.25) is 0 Å². The molecular weight excluding hydrogens is 178 g/mol. The fourth-order valence-electron chi connectivity index (χ4n) is 1.38. The maximum Gasteiger partial charge on any atom is 0.182 e. The lowest BCUT2D eigenvalue weighted by Gasteiger charge is -2.12. The summed E-state index contributed by atoms with van der Waals surface area (Å²) < 4.78 is 10.5. The first-order chi connectivity index (χ1) is 6.69. The van der Waals surface area contributed by atoms with Gasteiger partial charge in [-0.25, -0.2) is 0 Å². The van der Waals surface area contributed by atoms with E-state index in [1.807, 2.05) is 6.07 Å². The van der Waals surface area contributed by atoms with E-state index in [4.69, 9.17) is 9.47 Å². The van der Waals surface area contributed by atoms with Crippen molar-refractivity contribution in [3.8, 4) is 11.5 Å². The molecule has 14 heavy (non-hydrogen) atoms. The SMILES string of the molecule is COc1ccnc(CC(C)C)c1OC. The normalized spacial score (nSPS) is 10.4. The molecule has 0 unspecified atom stereocenters. The van der Waals surface area contributed by atoms with Crippen molar-refractivity contribution in [2.24, 2.45) is 5.92 Å². The summed E-state index contributed by atoms with van der Waals surface area (Å²) in [5.74, 6) is 2.06. The molecule has 0 bridgehead atoms. The van der Waals surface area contributed by atoms with Crippen LogP contribution in [0.3, 0.4) is 0 Å². The molecular formula is C11H17NO2. The summed E-state index contributed by atoms with van der Waals surface area (Å²) in [7, 11) is 3.28. The molecule has 3 heteroatoms. The van der Waals surface area contributed by atoms with Crippen molar-refractivity contribution >= 4 is 0 Å². The van der Waals surface area contributed by atoms with E-state index in [1.54, 1.807) is 20.4 Å². The van der Waals surface area contributed by atoms with Gasteiger partial charge >= 0.3 is 0 Å². The lowest BCUT2D eigenvalue weighted by molar-refractivity contribution is 0.347. The minimum atomic E-state index is 0.559. The average molecular weight is 195 g/mol. The van der Waals surface area contributed by atoms with Crippen LogP contribution in [0.1, 0.15) is 19.5 Å². The van der Waals surface area contributed by atoms with Crippen molar-refractivity contribution in [2.75, 3.05) is 14.2 Å². The monoisotopic (exact) mass is 195 g/mol. The number of hydrogen-bond acceptors (Lipinski definition) is 3. The molecule has 0 aromatic carbocycles. The predicted molar refractivity (Wildman–Crippen MR) is 55.9 cm³/mol. The molecule has 3 nitrogen and oxygen atoms in total. The Bertz CT molecular complexity index is 297. The first-order valence-corrected chi connectivity index (χ1v) is 4.75. The molecule has 0 aliphatic rings. The summed E-state index contributed by atoms with van der Waals surface area (Å²) in [5, 5.41) is 0. The van der Waals surface area contributed by atoms with Crippen molar-refractivity contribution in [3.63, 3.8) is 0 Å². The Hall–Kier alpha value is -1.25. The second-order valence-electron chi connectivity index (χ2n) is 3.59. The summed E-state index contributed by atoms with van der Waals surface area (Å²) in [5.41, 5.74) is 0.960. The second-order valence-corrected chi connectivity index (χ2v) is 3.59. The first-order valence-electron chi connectivity index (χ1n) is 4.75. The van der Waals surface area contributed by atoms with Crippen LogP contribution in [0, 0.1) is 5.92 Å². The highest BCUT2D eigenvalue weighted by Crippen LogP contribution is 2.30. The van der Waals surface area contributed by atoms with Gasteiger partial charge in [0.05, 0.1) is 19.9 Å². The van der Waals surface area contributed by atoms with Gasteiger partial charge in [-0.1, -0.05) is 13.8 Å². The van der Waals surface area contributed by atoms with E-state index in [1.165, 1.54) is 0 Å². The van der Waals surface area contributed by atoms with E-state index in [0.29, 0.717) is 5.92 Å². The lowest BCUT2D eigenvalue weighted by Crippen LogP contribution is -2.02. The Morgan fingerprint density at radius 2 is 2.00 bits per heavy atom. The van der Waals surface area contributed by atoms with Gasteiger partial charge in [0, 0.05) is 12.3 Å². The maximum absolute atomic E-state index is 5.28. The lowest BCUT2D eigenvalue weighted by atomic mass is 10.1. The van der Waals surface area contributed by atoms with Crippen molar-refractivity contribution in [1.82, 2.24) is 4.98 Å². The highest BCUT2D eigenvalue weighted by molar-refractivity contribution is 5.42. The Kier molecular flexibility index (Phi) is 3.74. The van der Waals surface area contributed by atoms with E-state index in [-0.39, 0.29) is 0 Å². The number of methoxy groups -OCH3 is 2. The molecule has 0 N–H and O–H groups in total. The largest absolute Gasteiger partial charge is 0.493 e. The third kappa shape index (κ3) is 2.37. The van der Waals surface area contributed by atoms with Gasteiger partial charge in [-0.2, -0.15) is 0 Å². The third-order valence-electron chi connectivity index (χ3n) is 1.97. The van der Waals surface area contributed by atoms with Gasteiger partial charge in [-0.15, -0.1) is 0 Å². The number of ether oxygens (including phenoxy) is 2. The van der Waals surface area contributed by atoms with Crippen LogP contribution in [-0.2, 0) is 6.42 Å². The molecule has 78 valence electrons. The summed E-state index contributed by atoms with van der Waals surface area (Å²) in [6.07, 6.45) is 2.65. The predicted octanol–water partition coefficient (Wildman–Crippen LogP) is 2.30. The maximum atomic E-state index is 5.28. The molecule has 0 spiro atoms. The van der Waals surface area contributed by atoms with Crippen molar-refractivity contribution in [2.45, 2.75) is 20.3 Å². The Labute approximate surface area is 85.1 Å². The van der Waals surface area contributed by atoms with Gasteiger partial charge < -0.3 is 9.47 Å². The standard InChI is InChI=1S/C11H17NO2/c1-8(2)7-9-11(14-4)10(13-3)5-6-12-9/h5-6,8H,7H2,1-4H3. The molecule has 0 radical (unpaired) electrons. The quantitative estimate of drug-likeness (QED) is 0.738. The van der Waals surface area contributed by atoms with Crippen LogP contribution in [0.25, 0.3) is 0 Å². The molecule has 0 fully saturated rings. The van der Waals surface area contributed by atoms with Gasteiger partial charge in [0.15, 0.2) is 11.5 Å². The Morgan fingerprint density at radius 3 is 2.50 bits per heavy atom. The molecule has 0 aliphatic carbocycles. The second kappa shape index (κ2) is 4.84. The number of rotatable bonds is 4. The summed E-state index contributed by atoms with van der Waals surface area (Å²) in [6, 6.07) is 1.81. The van der Waals surface area contributed by atoms with Crippen LogP contribution in [0.15, 0.2) is 12.3 Å². The number of aromatic nitrogens is 1. The van der Waals surface area contributed by atoms with Crippen molar-refractivity contribution in [1.29, 1.82) is 0 Å². The Morgan fingerprint density at radius 1 is 1.29 bits per heavy atom. The fraction of sp³-hybridized carbons (Fsp3) is 0.545. The van der Waals surface area contributed by atoms with Gasteiger partial charge in [0.1, 0.15) is 0 Å². The molecule has 0 amide bonds. The van der Waals surface area contributed by atoms with E-state index < -0.39 is 0 Å². The molecule has 0 saturated heterocycles. The summed E-state index contributed by atoms with van der Waals surface area (Å²) in [6.45, 7) is 4.31. The number of hydrogen-bond donors (Lipinski definition) is 0. The van der Waals surface area contributed by atoms with Gasteiger partial charge in [-0.05, 0) is 12.3 Å². The van der Waals surface area contributed by atoms with Crippen LogP contribution in [-0.4, -0.2) is 19.2 Å². The Balaban J connectivity index is 3.02. The first kappa shape index (κ1) is 10.8. The highest BCUT2D eigenvalue weighted by atomic mass is 16.5.